The molecule has 2 N–H and O–H groups in total. The number of hydrogen-bond acceptors (Lipinski definition) is 4. The van der Waals surface area contributed by atoms with Crippen molar-refractivity contribution in [2.24, 2.45) is 0 Å². The van der Waals surface area contributed by atoms with E-state index in [0.717, 1.165) is 52.0 Å². The Bertz CT molecular complexity index is 271. The monoisotopic (exact) mass is 256 g/mol. The number of piperidine rings is 1. The van der Waals surface area contributed by atoms with E-state index in [-0.39, 0.29) is 24.2 Å². The normalized spacial score (nSPS) is 24.7. The molecule has 0 aromatic heterocycles. The SMILES string of the molecule is CC1(NC(=O)COC2CCNCC2)CCOCC1. The molecule has 2 heterocycles. The Labute approximate surface area is 109 Å². The van der Waals surface area contributed by atoms with Crippen molar-refractivity contribution in [3.05, 3.63) is 0 Å². The molecule has 0 saturated carbocycles. The van der Waals surface area contributed by atoms with E-state index in [2.05, 4.69) is 17.6 Å². The number of carbonyl (C=O) groups excluding carboxylic acids is 1. The summed E-state index contributed by atoms with van der Waals surface area (Å²) in [5.41, 5.74) is -0.118. The summed E-state index contributed by atoms with van der Waals surface area (Å²) in [6.07, 6.45) is 3.99. The van der Waals surface area contributed by atoms with Crippen LogP contribution in [-0.4, -0.2) is 50.5 Å². The van der Waals surface area contributed by atoms with Crippen LogP contribution in [0.5, 0.6) is 0 Å². The zero-order valence-corrected chi connectivity index (χ0v) is 11.2. The Kier molecular flexibility index (Phi) is 4.97. The molecule has 2 saturated heterocycles. The Balaban J connectivity index is 1.67. The maximum absolute atomic E-state index is 11.9. The minimum atomic E-state index is -0.118. The fourth-order valence-corrected chi connectivity index (χ4v) is 2.48. The molecule has 18 heavy (non-hydrogen) atoms. The largest absolute Gasteiger partial charge is 0.381 e. The standard InChI is InChI=1S/C13H24N2O3/c1-13(4-8-17-9-5-13)15-12(16)10-18-11-2-6-14-7-3-11/h11,14H,2-10H2,1H3,(H,15,16). The lowest BCUT2D eigenvalue weighted by molar-refractivity contribution is -0.131. The Morgan fingerprint density at radius 2 is 2.06 bits per heavy atom. The number of nitrogens with one attached hydrogen (secondary N) is 2. The zero-order valence-electron chi connectivity index (χ0n) is 11.2. The summed E-state index contributed by atoms with van der Waals surface area (Å²) in [6.45, 7) is 5.69. The highest BCUT2D eigenvalue weighted by atomic mass is 16.5. The average Bonchev–Trinajstić information content (AvgIpc) is 2.38. The molecular formula is C13H24N2O3. The molecule has 0 aromatic carbocycles. The molecule has 5 nitrogen and oxygen atoms in total. The van der Waals surface area contributed by atoms with E-state index in [4.69, 9.17) is 9.47 Å². The lowest BCUT2D eigenvalue weighted by Gasteiger charge is -2.34. The van der Waals surface area contributed by atoms with Gasteiger partial charge in [0.15, 0.2) is 0 Å². The molecule has 0 aromatic rings. The van der Waals surface area contributed by atoms with Crippen LogP contribution in [0.15, 0.2) is 0 Å². The summed E-state index contributed by atoms with van der Waals surface area (Å²) >= 11 is 0. The third-order valence-electron chi connectivity index (χ3n) is 3.77. The molecule has 0 aliphatic carbocycles. The van der Waals surface area contributed by atoms with Crippen molar-refractivity contribution in [2.45, 2.75) is 44.2 Å². The van der Waals surface area contributed by atoms with E-state index >= 15 is 0 Å². The molecule has 0 radical (unpaired) electrons. The van der Waals surface area contributed by atoms with Crippen molar-refractivity contribution in [1.82, 2.24) is 10.6 Å². The van der Waals surface area contributed by atoms with Gasteiger partial charge in [0, 0.05) is 18.8 Å². The van der Waals surface area contributed by atoms with Gasteiger partial charge in [-0.3, -0.25) is 4.79 Å². The molecule has 104 valence electrons. The molecule has 2 aliphatic rings. The predicted octanol–water partition coefficient (Wildman–Crippen LogP) is 0.440. The predicted molar refractivity (Wildman–Crippen MR) is 68.4 cm³/mol. The van der Waals surface area contributed by atoms with Gasteiger partial charge in [0.25, 0.3) is 0 Å². The van der Waals surface area contributed by atoms with Crippen LogP contribution >= 0.6 is 0 Å². The molecule has 0 bridgehead atoms. The van der Waals surface area contributed by atoms with Crippen LogP contribution in [0.25, 0.3) is 0 Å². The van der Waals surface area contributed by atoms with Crippen molar-refractivity contribution >= 4 is 5.91 Å². The molecule has 5 heteroatoms. The first-order valence-corrected chi connectivity index (χ1v) is 6.89. The van der Waals surface area contributed by atoms with Gasteiger partial charge in [-0.15, -0.1) is 0 Å². The van der Waals surface area contributed by atoms with Gasteiger partial charge in [0.1, 0.15) is 6.61 Å². The summed E-state index contributed by atoms with van der Waals surface area (Å²) in [4.78, 5) is 11.9. The first-order valence-electron chi connectivity index (χ1n) is 6.89. The maximum atomic E-state index is 11.9. The second-order valence-corrected chi connectivity index (χ2v) is 5.48. The van der Waals surface area contributed by atoms with Crippen molar-refractivity contribution in [3.8, 4) is 0 Å². The number of ether oxygens (including phenoxy) is 2. The summed E-state index contributed by atoms with van der Waals surface area (Å²) < 4.78 is 11.0. The van der Waals surface area contributed by atoms with Crippen LogP contribution < -0.4 is 10.6 Å². The lowest BCUT2D eigenvalue weighted by Crippen LogP contribution is -2.51. The van der Waals surface area contributed by atoms with E-state index < -0.39 is 0 Å². The van der Waals surface area contributed by atoms with E-state index in [1.807, 2.05) is 0 Å². The van der Waals surface area contributed by atoms with Crippen molar-refractivity contribution in [3.63, 3.8) is 0 Å². The minimum absolute atomic E-state index is 0.00191. The smallest absolute Gasteiger partial charge is 0.246 e. The van der Waals surface area contributed by atoms with Gasteiger partial charge in [-0.05, 0) is 45.7 Å². The maximum Gasteiger partial charge on any atom is 0.246 e. The van der Waals surface area contributed by atoms with E-state index in [1.165, 1.54) is 0 Å². The van der Waals surface area contributed by atoms with Crippen LogP contribution in [0.1, 0.15) is 32.6 Å². The minimum Gasteiger partial charge on any atom is -0.381 e. The molecule has 1 amide bonds. The van der Waals surface area contributed by atoms with Crippen LogP contribution in [0.3, 0.4) is 0 Å². The third-order valence-corrected chi connectivity index (χ3v) is 3.77. The molecule has 2 aliphatic heterocycles. The second kappa shape index (κ2) is 6.50. The van der Waals surface area contributed by atoms with Gasteiger partial charge in [0.05, 0.1) is 6.10 Å². The Morgan fingerprint density at radius 1 is 1.39 bits per heavy atom. The molecule has 0 unspecified atom stereocenters. The van der Waals surface area contributed by atoms with Crippen LogP contribution in [0.2, 0.25) is 0 Å². The highest BCUT2D eigenvalue weighted by molar-refractivity contribution is 5.78. The number of amides is 1. The van der Waals surface area contributed by atoms with Crippen LogP contribution in [-0.2, 0) is 14.3 Å². The fraction of sp³-hybridized carbons (Fsp3) is 0.923. The summed E-state index contributed by atoms with van der Waals surface area (Å²) in [6, 6.07) is 0. The summed E-state index contributed by atoms with van der Waals surface area (Å²) in [7, 11) is 0. The molecular weight excluding hydrogens is 232 g/mol. The topological polar surface area (TPSA) is 59.6 Å². The fourth-order valence-electron chi connectivity index (χ4n) is 2.48. The lowest BCUT2D eigenvalue weighted by atomic mass is 9.92. The number of hydrogen-bond donors (Lipinski definition) is 2. The van der Waals surface area contributed by atoms with Crippen LogP contribution in [0, 0.1) is 0 Å². The molecule has 2 fully saturated rings. The highest BCUT2D eigenvalue weighted by Gasteiger charge is 2.29. The van der Waals surface area contributed by atoms with Crippen molar-refractivity contribution in [1.29, 1.82) is 0 Å². The van der Waals surface area contributed by atoms with E-state index in [0.29, 0.717) is 0 Å². The second-order valence-electron chi connectivity index (χ2n) is 5.48. The Hall–Kier alpha value is -0.650. The van der Waals surface area contributed by atoms with Gasteiger partial charge < -0.3 is 20.1 Å². The number of carbonyl (C=O) groups is 1. The number of rotatable bonds is 4. The van der Waals surface area contributed by atoms with Gasteiger partial charge >= 0.3 is 0 Å². The Morgan fingerprint density at radius 3 is 2.72 bits per heavy atom. The van der Waals surface area contributed by atoms with Gasteiger partial charge in [-0.1, -0.05) is 0 Å². The molecule has 2 rings (SSSR count). The van der Waals surface area contributed by atoms with E-state index in [1.54, 1.807) is 0 Å². The molecule has 0 atom stereocenters. The van der Waals surface area contributed by atoms with Gasteiger partial charge in [0.2, 0.25) is 5.91 Å². The summed E-state index contributed by atoms with van der Waals surface area (Å²) in [5.74, 6) is -0.00191. The first kappa shape index (κ1) is 13.8. The van der Waals surface area contributed by atoms with Crippen LogP contribution in [0.4, 0.5) is 0 Å². The average molecular weight is 256 g/mol. The first-order chi connectivity index (χ1) is 8.68. The van der Waals surface area contributed by atoms with Gasteiger partial charge in [-0.25, -0.2) is 0 Å². The highest BCUT2D eigenvalue weighted by Crippen LogP contribution is 2.19. The molecule has 0 spiro atoms. The van der Waals surface area contributed by atoms with Crippen molar-refractivity contribution in [2.75, 3.05) is 32.9 Å². The third kappa shape index (κ3) is 4.23. The zero-order chi connectivity index (χ0) is 12.8. The van der Waals surface area contributed by atoms with Gasteiger partial charge in [-0.2, -0.15) is 0 Å². The van der Waals surface area contributed by atoms with E-state index in [9.17, 15) is 4.79 Å². The van der Waals surface area contributed by atoms with Crippen molar-refractivity contribution < 1.29 is 14.3 Å². The quantitative estimate of drug-likeness (QED) is 0.766. The summed E-state index contributed by atoms with van der Waals surface area (Å²) in [5, 5.41) is 6.35.